The van der Waals surface area contributed by atoms with Crippen molar-refractivity contribution in [3.63, 3.8) is 0 Å². The van der Waals surface area contributed by atoms with Crippen LogP contribution in [-0.4, -0.2) is 37.1 Å². The van der Waals surface area contributed by atoms with Crippen LogP contribution >= 0.6 is 27.5 Å². The van der Waals surface area contributed by atoms with Crippen molar-refractivity contribution in [2.45, 2.75) is 0 Å². The standard InChI is InChI=1S/C17H14BrClN2O7/c1-26-11-3-4-13(14(7-11)21(24)25)20-16(22)8-28-17(23)9-27-15-5-2-10(19)6-12(15)18/h2-7H,8-9H2,1H3,(H,20,22). The summed E-state index contributed by atoms with van der Waals surface area (Å²) in [6.07, 6.45) is 0. The number of amides is 1. The van der Waals surface area contributed by atoms with Crippen LogP contribution in [0.5, 0.6) is 11.5 Å². The second-order valence-corrected chi connectivity index (χ2v) is 6.50. The summed E-state index contributed by atoms with van der Waals surface area (Å²) in [6.45, 7) is -1.07. The van der Waals surface area contributed by atoms with Gasteiger partial charge in [0.2, 0.25) is 0 Å². The number of nitro groups is 1. The first-order valence-electron chi connectivity index (χ1n) is 7.66. The fourth-order valence-corrected chi connectivity index (χ4v) is 2.80. The lowest BCUT2D eigenvalue weighted by atomic mass is 10.2. The number of esters is 1. The summed E-state index contributed by atoms with van der Waals surface area (Å²) in [4.78, 5) is 34.0. The van der Waals surface area contributed by atoms with Crippen LogP contribution in [0.3, 0.4) is 0 Å². The third-order valence-corrected chi connectivity index (χ3v) is 4.13. The third-order valence-electron chi connectivity index (χ3n) is 3.28. The Morgan fingerprint density at radius 2 is 1.96 bits per heavy atom. The van der Waals surface area contributed by atoms with Crippen LogP contribution in [0.2, 0.25) is 5.02 Å². The number of carbonyl (C=O) groups excluding carboxylic acids is 2. The molecule has 0 aliphatic heterocycles. The molecule has 0 aliphatic carbocycles. The molecule has 0 atom stereocenters. The first-order valence-corrected chi connectivity index (χ1v) is 8.83. The number of halogens is 2. The fourth-order valence-electron chi connectivity index (χ4n) is 2.00. The van der Waals surface area contributed by atoms with Crippen molar-refractivity contribution in [2.24, 2.45) is 0 Å². The van der Waals surface area contributed by atoms with Gasteiger partial charge in [-0.1, -0.05) is 11.6 Å². The van der Waals surface area contributed by atoms with Crippen LogP contribution in [0.4, 0.5) is 11.4 Å². The van der Waals surface area contributed by atoms with E-state index in [-0.39, 0.29) is 17.1 Å². The Balaban J connectivity index is 1.86. The van der Waals surface area contributed by atoms with Crippen molar-refractivity contribution in [3.05, 3.63) is 56.0 Å². The summed E-state index contributed by atoms with van der Waals surface area (Å²) in [5.41, 5.74) is -0.400. The SMILES string of the molecule is COc1ccc(NC(=O)COC(=O)COc2ccc(Cl)cc2Br)c([N+](=O)[O-])c1. The van der Waals surface area contributed by atoms with Crippen LogP contribution in [0.1, 0.15) is 0 Å². The molecule has 0 heterocycles. The lowest BCUT2D eigenvalue weighted by molar-refractivity contribution is -0.384. The molecule has 9 nitrogen and oxygen atoms in total. The van der Waals surface area contributed by atoms with E-state index in [1.165, 1.54) is 25.3 Å². The third kappa shape index (κ3) is 6.10. The number of hydrogen-bond acceptors (Lipinski definition) is 7. The first kappa shape index (κ1) is 21.5. The van der Waals surface area contributed by atoms with Gasteiger partial charge in [0.1, 0.15) is 17.2 Å². The quantitative estimate of drug-likeness (QED) is 0.354. The molecule has 0 radical (unpaired) electrons. The van der Waals surface area contributed by atoms with Gasteiger partial charge in [0.05, 0.1) is 22.6 Å². The molecule has 11 heteroatoms. The van der Waals surface area contributed by atoms with Gasteiger partial charge in [-0.15, -0.1) is 0 Å². The number of ether oxygens (including phenoxy) is 3. The Morgan fingerprint density at radius 1 is 1.21 bits per heavy atom. The molecule has 0 bridgehead atoms. The Morgan fingerprint density at radius 3 is 2.61 bits per heavy atom. The van der Waals surface area contributed by atoms with Gasteiger partial charge in [-0.2, -0.15) is 0 Å². The predicted octanol–water partition coefficient (Wildman–Crippen LogP) is 3.58. The molecular weight excluding hydrogens is 460 g/mol. The van der Waals surface area contributed by atoms with Gasteiger partial charge in [0.25, 0.3) is 11.6 Å². The van der Waals surface area contributed by atoms with Crippen LogP contribution in [0, 0.1) is 10.1 Å². The molecule has 0 spiro atoms. The predicted molar refractivity (Wildman–Crippen MR) is 104 cm³/mol. The molecule has 0 aromatic heterocycles. The average Bonchev–Trinajstić information content (AvgIpc) is 2.65. The van der Waals surface area contributed by atoms with Crippen molar-refractivity contribution < 1.29 is 28.7 Å². The van der Waals surface area contributed by atoms with E-state index >= 15 is 0 Å². The molecule has 28 heavy (non-hydrogen) atoms. The maximum absolute atomic E-state index is 11.9. The van der Waals surface area contributed by atoms with E-state index in [4.69, 9.17) is 25.8 Å². The summed E-state index contributed by atoms with van der Waals surface area (Å²) in [7, 11) is 1.36. The lowest BCUT2D eigenvalue weighted by Gasteiger charge is -2.10. The Bertz CT molecular complexity index is 907. The summed E-state index contributed by atoms with van der Waals surface area (Å²) < 4.78 is 15.5. The molecule has 0 fully saturated rings. The van der Waals surface area contributed by atoms with Gasteiger partial charge in [-0.25, -0.2) is 4.79 Å². The molecule has 2 aromatic rings. The smallest absolute Gasteiger partial charge is 0.344 e. The zero-order chi connectivity index (χ0) is 20.7. The van der Waals surface area contributed by atoms with E-state index in [2.05, 4.69) is 21.2 Å². The largest absolute Gasteiger partial charge is 0.496 e. The summed E-state index contributed by atoms with van der Waals surface area (Å²) >= 11 is 9.04. The van der Waals surface area contributed by atoms with Crippen molar-refractivity contribution in [1.29, 1.82) is 0 Å². The van der Waals surface area contributed by atoms with Gasteiger partial charge in [-0.3, -0.25) is 14.9 Å². The minimum atomic E-state index is -0.791. The second kappa shape index (κ2) is 9.90. The minimum absolute atomic E-state index is 0.0480. The maximum atomic E-state index is 11.9. The molecule has 2 rings (SSSR count). The zero-order valence-corrected chi connectivity index (χ0v) is 16.8. The molecule has 0 unspecified atom stereocenters. The molecule has 0 aliphatic rings. The highest BCUT2D eigenvalue weighted by Gasteiger charge is 2.18. The Labute approximate surface area is 172 Å². The van der Waals surface area contributed by atoms with Gasteiger partial charge in [0, 0.05) is 5.02 Å². The minimum Gasteiger partial charge on any atom is -0.496 e. The molecule has 2 aromatic carbocycles. The van der Waals surface area contributed by atoms with Crippen LogP contribution in [0.25, 0.3) is 0 Å². The molecule has 0 saturated heterocycles. The van der Waals surface area contributed by atoms with Gasteiger partial charge in [-0.05, 0) is 46.3 Å². The van der Waals surface area contributed by atoms with Crippen molar-refractivity contribution >= 4 is 50.8 Å². The van der Waals surface area contributed by atoms with E-state index in [0.29, 0.717) is 15.2 Å². The Hall–Kier alpha value is -2.85. The van der Waals surface area contributed by atoms with Gasteiger partial charge >= 0.3 is 5.97 Å². The van der Waals surface area contributed by atoms with Crippen LogP contribution in [0.15, 0.2) is 40.9 Å². The van der Waals surface area contributed by atoms with E-state index in [0.717, 1.165) is 0 Å². The van der Waals surface area contributed by atoms with Crippen LogP contribution < -0.4 is 14.8 Å². The van der Waals surface area contributed by atoms with Crippen molar-refractivity contribution in [3.8, 4) is 11.5 Å². The highest BCUT2D eigenvalue weighted by molar-refractivity contribution is 9.10. The average molecular weight is 474 g/mol. The highest BCUT2D eigenvalue weighted by Crippen LogP contribution is 2.29. The molecule has 0 saturated carbocycles. The maximum Gasteiger partial charge on any atom is 0.344 e. The van der Waals surface area contributed by atoms with Gasteiger partial charge < -0.3 is 19.5 Å². The number of hydrogen-bond donors (Lipinski definition) is 1. The summed E-state index contributed by atoms with van der Waals surface area (Å²) in [5, 5.41) is 13.9. The number of anilines is 1. The van der Waals surface area contributed by atoms with E-state index in [1.807, 2.05) is 0 Å². The number of carbonyl (C=O) groups is 2. The summed E-state index contributed by atoms with van der Waals surface area (Å²) in [5.74, 6) is -0.892. The van der Waals surface area contributed by atoms with Crippen molar-refractivity contribution in [1.82, 2.24) is 0 Å². The first-order chi connectivity index (χ1) is 13.3. The molecule has 1 N–H and O–H groups in total. The van der Waals surface area contributed by atoms with E-state index in [9.17, 15) is 19.7 Å². The Kier molecular flexibility index (Phi) is 7.59. The normalized spacial score (nSPS) is 10.1. The number of nitrogens with one attached hydrogen (secondary N) is 1. The number of nitro benzene ring substituents is 1. The fraction of sp³-hybridized carbons (Fsp3) is 0.176. The molecule has 148 valence electrons. The summed E-state index contributed by atoms with van der Waals surface area (Å²) in [6, 6.07) is 8.68. The second-order valence-electron chi connectivity index (χ2n) is 5.21. The monoisotopic (exact) mass is 472 g/mol. The number of nitrogens with zero attached hydrogens (tertiary/aromatic N) is 1. The topological polar surface area (TPSA) is 117 Å². The number of rotatable bonds is 8. The number of benzene rings is 2. The van der Waals surface area contributed by atoms with Crippen LogP contribution in [-0.2, 0) is 14.3 Å². The molecule has 1 amide bonds. The van der Waals surface area contributed by atoms with E-state index < -0.39 is 30.0 Å². The lowest BCUT2D eigenvalue weighted by Crippen LogP contribution is -2.24. The zero-order valence-electron chi connectivity index (χ0n) is 14.4. The van der Waals surface area contributed by atoms with Gasteiger partial charge in [0.15, 0.2) is 13.2 Å². The number of methoxy groups -OCH3 is 1. The molecular formula is C17H14BrClN2O7. The van der Waals surface area contributed by atoms with E-state index in [1.54, 1.807) is 18.2 Å². The highest BCUT2D eigenvalue weighted by atomic mass is 79.9. The van der Waals surface area contributed by atoms with Crippen molar-refractivity contribution in [2.75, 3.05) is 25.6 Å².